The van der Waals surface area contributed by atoms with E-state index in [4.69, 9.17) is 16.3 Å². The Morgan fingerprint density at radius 2 is 1.81 bits per heavy atom. The first-order valence-electron chi connectivity index (χ1n) is 8.35. The van der Waals surface area contributed by atoms with Gasteiger partial charge in [-0.2, -0.15) is 0 Å². The highest BCUT2D eigenvalue weighted by molar-refractivity contribution is 6.30. The molecule has 0 spiro atoms. The lowest BCUT2D eigenvalue weighted by Crippen LogP contribution is -2.37. The van der Waals surface area contributed by atoms with Crippen LogP contribution in [0.2, 0.25) is 5.02 Å². The number of hydrogen-bond donors (Lipinski definition) is 1. The van der Waals surface area contributed by atoms with Gasteiger partial charge in [0, 0.05) is 17.4 Å². The van der Waals surface area contributed by atoms with Gasteiger partial charge >= 0.3 is 0 Å². The maximum Gasteiger partial charge on any atom is 0.203 e. The lowest BCUT2D eigenvalue weighted by molar-refractivity contribution is -0.112. The molecule has 0 radical (unpaired) electrons. The Hall–Kier alpha value is -2.79. The summed E-state index contributed by atoms with van der Waals surface area (Å²) in [5.41, 5.74) is 2.03. The van der Waals surface area contributed by atoms with Gasteiger partial charge in [0.2, 0.25) is 5.95 Å². The van der Waals surface area contributed by atoms with Crippen molar-refractivity contribution in [3.8, 4) is 5.75 Å². The maximum atomic E-state index is 12.1. The zero-order valence-electron chi connectivity index (χ0n) is 14.2. The van der Waals surface area contributed by atoms with Crippen LogP contribution < -0.4 is 10.1 Å². The molecule has 3 aromatic rings. The van der Waals surface area contributed by atoms with Crippen molar-refractivity contribution in [3.05, 3.63) is 77.1 Å². The molecule has 2 aromatic carbocycles. The number of halogens is 1. The Balaban J connectivity index is 1.79. The van der Waals surface area contributed by atoms with Gasteiger partial charge in [-0.25, -0.2) is 4.98 Å². The molecule has 0 amide bonds. The quantitative estimate of drug-likeness (QED) is 0.705. The van der Waals surface area contributed by atoms with Crippen LogP contribution in [0.4, 0.5) is 5.95 Å². The number of carbonyl (C=O) groups excluding carboxylic acids is 1. The van der Waals surface area contributed by atoms with Crippen LogP contribution in [0.5, 0.6) is 5.75 Å². The van der Waals surface area contributed by atoms with Gasteiger partial charge in [-0.15, -0.1) is 0 Å². The molecule has 1 aliphatic rings. The molecule has 3 atom stereocenters. The molecule has 1 aliphatic heterocycles. The second kappa shape index (κ2) is 6.84. The van der Waals surface area contributed by atoms with Crippen molar-refractivity contribution in [2.24, 2.45) is 5.92 Å². The van der Waals surface area contributed by atoms with E-state index in [-0.39, 0.29) is 18.0 Å². The number of methoxy groups -OCH3 is 1. The van der Waals surface area contributed by atoms with Gasteiger partial charge in [0.25, 0.3) is 0 Å². The van der Waals surface area contributed by atoms with Crippen LogP contribution in [0.15, 0.2) is 60.9 Å². The van der Waals surface area contributed by atoms with Crippen molar-refractivity contribution in [2.45, 2.75) is 12.1 Å². The third kappa shape index (κ3) is 2.84. The summed E-state index contributed by atoms with van der Waals surface area (Å²) in [6.07, 6.45) is 4.65. The molecule has 6 heteroatoms. The fourth-order valence-corrected chi connectivity index (χ4v) is 3.69. The number of nitrogens with zero attached hydrogens (tertiary/aromatic N) is 2. The zero-order valence-corrected chi connectivity index (χ0v) is 14.9. The molecule has 0 bridgehead atoms. The second-order valence-electron chi connectivity index (χ2n) is 6.26. The Labute approximate surface area is 156 Å². The first kappa shape index (κ1) is 16.7. The minimum absolute atomic E-state index is 0.157. The van der Waals surface area contributed by atoms with Gasteiger partial charge < -0.3 is 19.4 Å². The van der Waals surface area contributed by atoms with Crippen LogP contribution >= 0.6 is 11.6 Å². The van der Waals surface area contributed by atoms with E-state index in [1.807, 2.05) is 59.3 Å². The lowest BCUT2D eigenvalue weighted by Gasteiger charge is -2.38. The molecule has 26 heavy (non-hydrogen) atoms. The Morgan fingerprint density at radius 1 is 1.12 bits per heavy atom. The van der Waals surface area contributed by atoms with Gasteiger partial charge in [0.15, 0.2) is 0 Å². The number of hydrogen-bond acceptors (Lipinski definition) is 4. The van der Waals surface area contributed by atoms with Gasteiger partial charge in [0.1, 0.15) is 12.0 Å². The number of fused-ring (bicyclic) bond motifs is 1. The predicted octanol–water partition coefficient (Wildman–Crippen LogP) is 4.12. The Morgan fingerprint density at radius 3 is 2.46 bits per heavy atom. The third-order valence-corrected chi connectivity index (χ3v) is 5.10. The minimum Gasteiger partial charge on any atom is -0.497 e. The molecule has 0 aliphatic carbocycles. The molecule has 1 N–H and O–H groups in total. The van der Waals surface area contributed by atoms with E-state index in [2.05, 4.69) is 10.3 Å². The number of aromatic nitrogens is 2. The number of ether oxygens (including phenoxy) is 1. The first-order chi connectivity index (χ1) is 12.7. The van der Waals surface area contributed by atoms with Gasteiger partial charge in [0.05, 0.1) is 25.1 Å². The van der Waals surface area contributed by atoms with Crippen LogP contribution in [0.25, 0.3) is 0 Å². The van der Waals surface area contributed by atoms with E-state index >= 15 is 0 Å². The summed E-state index contributed by atoms with van der Waals surface area (Å²) in [6, 6.07) is 15.0. The van der Waals surface area contributed by atoms with Crippen LogP contribution in [0.3, 0.4) is 0 Å². The Kier molecular flexibility index (Phi) is 4.39. The number of benzene rings is 2. The fraction of sp³-hybridized carbons (Fsp3) is 0.200. The monoisotopic (exact) mass is 367 g/mol. The van der Waals surface area contributed by atoms with Crippen LogP contribution in [-0.2, 0) is 4.79 Å². The van der Waals surface area contributed by atoms with Gasteiger partial charge in [-0.1, -0.05) is 35.9 Å². The molecule has 4 rings (SSSR count). The van der Waals surface area contributed by atoms with Crippen molar-refractivity contribution in [3.63, 3.8) is 0 Å². The Bertz CT molecular complexity index is 906. The van der Waals surface area contributed by atoms with Crippen LogP contribution in [-0.4, -0.2) is 22.9 Å². The van der Waals surface area contributed by atoms with Crippen LogP contribution in [0.1, 0.15) is 23.2 Å². The van der Waals surface area contributed by atoms with E-state index in [9.17, 15) is 4.79 Å². The number of anilines is 1. The van der Waals surface area contributed by atoms with E-state index in [1.165, 1.54) is 0 Å². The SMILES string of the molecule is COc1ccc([C@@H]2Nc3nccn3[C@H](c3ccc(Cl)cc3)[C@H]2C=O)cc1. The highest BCUT2D eigenvalue weighted by Gasteiger charge is 2.38. The predicted molar refractivity (Wildman–Crippen MR) is 101 cm³/mol. The van der Waals surface area contributed by atoms with Crippen molar-refractivity contribution in [1.82, 2.24) is 9.55 Å². The normalized spacial score (nSPS) is 21.5. The summed E-state index contributed by atoms with van der Waals surface area (Å²) in [6.45, 7) is 0. The average Bonchev–Trinajstić information content (AvgIpc) is 3.15. The highest BCUT2D eigenvalue weighted by Crippen LogP contribution is 2.42. The summed E-state index contributed by atoms with van der Waals surface area (Å²) < 4.78 is 7.24. The number of imidazole rings is 1. The third-order valence-electron chi connectivity index (χ3n) is 4.85. The molecule has 0 fully saturated rings. The standard InChI is InChI=1S/C20H18ClN3O2/c1-26-16-8-4-13(5-9-16)18-17(12-25)19(14-2-6-15(21)7-3-14)24-11-10-22-20(24)23-18/h2-12,17-19H,1H3,(H,22,23)/t17-,18-,19+/m0/s1. The molecule has 0 saturated carbocycles. The molecular formula is C20H18ClN3O2. The summed E-state index contributed by atoms with van der Waals surface area (Å²) in [7, 11) is 1.63. The molecular weight excluding hydrogens is 350 g/mol. The maximum absolute atomic E-state index is 12.1. The van der Waals surface area contributed by atoms with E-state index in [0.29, 0.717) is 5.02 Å². The van der Waals surface area contributed by atoms with E-state index in [0.717, 1.165) is 29.1 Å². The fourth-order valence-electron chi connectivity index (χ4n) is 3.56. The average molecular weight is 368 g/mol. The molecule has 132 valence electrons. The highest BCUT2D eigenvalue weighted by atomic mass is 35.5. The van der Waals surface area contributed by atoms with Crippen molar-refractivity contribution < 1.29 is 9.53 Å². The summed E-state index contributed by atoms with van der Waals surface area (Å²) >= 11 is 6.04. The molecule has 2 heterocycles. The first-order valence-corrected chi connectivity index (χ1v) is 8.73. The summed E-state index contributed by atoms with van der Waals surface area (Å²) in [4.78, 5) is 16.5. The number of nitrogens with one attached hydrogen (secondary N) is 1. The van der Waals surface area contributed by atoms with E-state index < -0.39 is 0 Å². The number of aldehydes is 1. The van der Waals surface area contributed by atoms with E-state index in [1.54, 1.807) is 13.3 Å². The zero-order chi connectivity index (χ0) is 18.1. The number of rotatable bonds is 4. The van der Waals surface area contributed by atoms with Crippen molar-refractivity contribution >= 4 is 23.8 Å². The van der Waals surface area contributed by atoms with Gasteiger partial charge in [-0.05, 0) is 35.4 Å². The molecule has 5 nitrogen and oxygen atoms in total. The number of carbonyl (C=O) groups is 1. The summed E-state index contributed by atoms with van der Waals surface area (Å²) in [5, 5.41) is 4.07. The second-order valence-corrected chi connectivity index (χ2v) is 6.70. The largest absolute Gasteiger partial charge is 0.497 e. The van der Waals surface area contributed by atoms with Gasteiger partial charge in [-0.3, -0.25) is 0 Å². The minimum atomic E-state index is -0.300. The molecule has 0 saturated heterocycles. The summed E-state index contributed by atoms with van der Waals surface area (Å²) in [5.74, 6) is 1.22. The van der Waals surface area contributed by atoms with Crippen molar-refractivity contribution in [1.29, 1.82) is 0 Å². The molecule has 1 aromatic heterocycles. The van der Waals surface area contributed by atoms with Crippen molar-refractivity contribution in [2.75, 3.05) is 12.4 Å². The lowest BCUT2D eigenvalue weighted by atomic mass is 9.83. The topological polar surface area (TPSA) is 56.1 Å². The smallest absolute Gasteiger partial charge is 0.203 e. The molecule has 0 unspecified atom stereocenters. The van der Waals surface area contributed by atoms with Crippen LogP contribution in [0, 0.1) is 5.92 Å².